The van der Waals surface area contributed by atoms with Crippen LogP contribution in [0, 0.1) is 6.92 Å². The van der Waals surface area contributed by atoms with Crippen molar-refractivity contribution in [2.45, 2.75) is 33.8 Å². The molecule has 7 heteroatoms. The molecule has 0 aromatic heterocycles. The molecule has 1 N–H and O–H groups in total. The molecule has 1 amide bonds. The van der Waals surface area contributed by atoms with E-state index in [-0.39, 0.29) is 5.91 Å². The lowest BCUT2D eigenvalue weighted by Gasteiger charge is -2.12. The monoisotopic (exact) mass is 480 g/mol. The van der Waals surface area contributed by atoms with Crippen LogP contribution in [0.25, 0.3) is 0 Å². The summed E-state index contributed by atoms with van der Waals surface area (Å²) in [6, 6.07) is 18.5. The molecule has 178 valence electrons. The van der Waals surface area contributed by atoms with Crippen LogP contribution in [-0.4, -0.2) is 25.3 Å². The number of aryl methyl sites for hydroxylation is 1. The first-order valence-corrected chi connectivity index (χ1v) is 11.6. The average Bonchev–Trinajstić information content (AvgIpc) is 2.84. The van der Waals surface area contributed by atoms with Crippen LogP contribution in [0.4, 0.5) is 0 Å². The van der Waals surface area contributed by atoms with Gasteiger partial charge < -0.3 is 14.2 Å². The van der Waals surface area contributed by atoms with Gasteiger partial charge in [0.1, 0.15) is 12.4 Å². The number of amides is 1. The predicted octanol–water partition coefficient (Wildman–Crippen LogP) is 6.18. The maximum atomic E-state index is 12.5. The lowest BCUT2D eigenvalue weighted by atomic mass is 10.2. The Balaban J connectivity index is 1.59. The van der Waals surface area contributed by atoms with Crippen molar-refractivity contribution in [1.82, 2.24) is 5.43 Å². The number of hydrogen-bond acceptors (Lipinski definition) is 5. The Morgan fingerprint density at radius 1 is 0.941 bits per heavy atom. The predicted molar refractivity (Wildman–Crippen MR) is 135 cm³/mol. The van der Waals surface area contributed by atoms with Gasteiger partial charge in [-0.15, -0.1) is 0 Å². The smallest absolute Gasteiger partial charge is 0.271 e. The van der Waals surface area contributed by atoms with Crippen LogP contribution in [0.15, 0.2) is 65.8 Å². The van der Waals surface area contributed by atoms with Crippen molar-refractivity contribution >= 4 is 23.7 Å². The third-order valence-corrected chi connectivity index (χ3v) is 5.11. The number of carbonyl (C=O) groups excluding carboxylic acids is 1. The van der Waals surface area contributed by atoms with Crippen LogP contribution in [-0.2, 0) is 6.61 Å². The van der Waals surface area contributed by atoms with Gasteiger partial charge in [0, 0.05) is 5.56 Å². The summed E-state index contributed by atoms with van der Waals surface area (Å²) in [5.41, 5.74) is 5.93. The zero-order chi connectivity index (χ0) is 24.3. The normalized spacial score (nSPS) is 10.8. The van der Waals surface area contributed by atoms with Crippen molar-refractivity contribution in [1.29, 1.82) is 0 Å². The Labute approximate surface area is 205 Å². The number of hydrogen-bond donors (Lipinski definition) is 1. The summed E-state index contributed by atoms with van der Waals surface area (Å²) in [6.07, 6.45) is 2.40. The van der Waals surface area contributed by atoms with Crippen molar-refractivity contribution in [3.05, 3.63) is 87.9 Å². The molecule has 0 aliphatic heterocycles. The Hall–Kier alpha value is -3.51. The van der Waals surface area contributed by atoms with Gasteiger partial charge in [0.2, 0.25) is 0 Å². The van der Waals surface area contributed by atoms with E-state index < -0.39 is 0 Å². The third-order valence-electron chi connectivity index (χ3n) is 4.82. The van der Waals surface area contributed by atoms with Crippen molar-refractivity contribution < 1.29 is 19.0 Å². The van der Waals surface area contributed by atoms with Gasteiger partial charge >= 0.3 is 0 Å². The Morgan fingerprint density at radius 3 is 2.41 bits per heavy atom. The van der Waals surface area contributed by atoms with E-state index in [0.29, 0.717) is 47.7 Å². The SMILES string of the molecule is CCCOc1ccc(C(=O)N/N=C/c2ccc(OCc3ccc(C)cc3)c(Cl)c2)cc1OCC. The molecule has 0 spiro atoms. The molecule has 0 atom stereocenters. The highest BCUT2D eigenvalue weighted by atomic mass is 35.5. The molecular weight excluding hydrogens is 452 g/mol. The fraction of sp³-hybridized carbons (Fsp3) is 0.259. The van der Waals surface area contributed by atoms with Gasteiger partial charge in [-0.05, 0) is 67.8 Å². The molecular formula is C27H29ClN2O4. The standard InChI is InChI=1S/C27H29ClN2O4/c1-4-14-33-25-13-11-22(16-26(25)32-5-2)27(31)30-29-17-21-10-12-24(23(28)15-21)34-18-20-8-6-19(3)7-9-20/h6-13,15-17H,4-5,14,18H2,1-3H3,(H,30,31)/b29-17+. The minimum atomic E-state index is -0.358. The maximum absolute atomic E-state index is 12.5. The van der Waals surface area contributed by atoms with Crippen LogP contribution < -0.4 is 19.6 Å². The number of carbonyl (C=O) groups is 1. The number of benzene rings is 3. The highest BCUT2D eigenvalue weighted by molar-refractivity contribution is 6.32. The highest BCUT2D eigenvalue weighted by Gasteiger charge is 2.11. The molecule has 0 unspecified atom stereocenters. The van der Waals surface area contributed by atoms with Gasteiger partial charge in [0.15, 0.2) is 11.5 Å². The molecule has 0 bridgehead atoms. The first kappa shape index (κ1) is 25.1. The van der Waals surface area contributed by atoms with E-state index in [1.165, 1.54) is 11.8 Å². The van der Waals surface area contributed by atoms with E-state index in [4.69, 9.17) is 25.8 Å². The van der Waals surface area contributed by atoms with Crippen molar-refractivity contribution in [3.8, 4) is 17.2 Å². The van der Waals surface area contributed by atoms with Gasteiger partial charge in [0.25, 0.3) is 5.91 Å². The molecule has 0 saturated heterocycles. The molecule has 3 aromatic carbocycles. The number of nitrogens with zero attached hydrogens (tertiary/aromatic N) is 1. The number of rotatable bonds is 11. The number of ether oxygens (including phenoxy) is 3. The molecule has 0 radical (unpaired) electrons. The van der Waals surface area contributed by atoms with Crippen LogP contribution in [0.1, 0.15) is 47.3 Å². The topological polar surface area (TPSA) is 69.2 Å². The summed E-state index contributed by atoms with van der Waals surface area (Å²) in [7, 11) is 0. The first-order valence-electron chi connectivity index (χ1n) is 11.2. The van der Waals surface area contributed by atoms with Crippen LogP contribution in [0.3, 0.4) is 0 Å². The molecule has 6 nitrogen and oxygen atoms in total. The van der Waals surface area contributed by atoms with Crippen LogP contribution >= 0.6 is 11.6 Å². The zero-order valence-electron chi connectivity index (χ0n) is 19.6. The molecule has 0 fully saturated rings. The largest absolute Gasteiger partial charge is 0.490 e. The maximum Gasteiger partial charge on any atom is 0.271 e. The number of hydrazone groups is 1. The highest BCUT2D eigenvalue weighted by Crippen LogP contribution is 2.29. The Morgan fingerprint density at radius 2 is 1.71 bits per heavy atom. The summed E-state index contributed by atoms with van der Waals surface area (Å²) >= 11 is 6.36. The zero-order valence-corrected chi connectivity index (χ0v) is 20.4. The number of halogens is 1. The fourth-order valence-corrected chi connectivity index (χ4v) is 3.28. The molecule has 0 aliphatic carbocycles. The van der Waals surface area contributed by atoms with Crippen LogP contribution in [0.2, 0.25) is 5.02 Å². The summed E-state index contributed by atoms with van der Waals surface area (Å²) in [5, 5.41) is 4.51. The van der Waals surface area contributed by atoms with Gasteiger partial charge in [-0.25, -0.2) is 5.43 Å². The van der Waals surface area contributed by atoms with Crippen molar-refractivity contribution in [2.24, 2.45) is 5.10 Å². The van der Waals surface area contributed by atoms with E-state index in [2.05, 4.69) is 10.5 Å². The van der Waals surface area contributed by atoms with Crippen molar-refractivity contribution in [3.63, 3.8) is 0 Å². The summed E-state index contributed by atoms with van der Waals surface area (Å²) < 4.78 is 17.1. The lowest BCUT2D eigenvalue weighted by Crippen LogP contribution is -2.17. The quantitative estimate of drug-likeness (QED) is 0.263. The van der Waals surface area contributed by atoms with Crippen molar-refractivity contribution in [2.75, 3.05) is 13.2 Å². The summed E-state index contributed by atoms with van der Waals surface area (Å²) in [4.78, 5) is 12.5. The molecule has 34 heavy (non-hydrogen) atoms. The van der Waals surface area contributed by atoms with Gasteiger partial charge in [0.05, 0.1) is 24.5 Å². The van der Waals surface area contributed by atoms with Gasteiger partial charge in [-0.2, -0.15) is 5.10 Å². The first-order chi connectivity index (χ1) is 16.5. The van der Waals surface area contributed by atoms with E-state index >= 15 is 0 Å². The second-order valence-electron chi connectivity index (χ2n) is 7.61. The molecule has 3 aromatic rings. The van der Waals surface area contributed by atoms with E-state index in [1.54, 1.807) is 30.3 Å². The molecule has 0 heterocycles. The average molecular weight is 481 g/mol. The van der Waals surface area contributed by atoms with Crippen LogP contribution in [0.5, 0.6) is 17.2 Å². The second kappa shape index (κ2) is 12.7. The lowest BCUT2D eigenvalue weighted by molar-refractivity contribution is 0.0954. The third kappa shape index (κ3) is 7.25. The summed E-state index contributed by atoms with van der Waals surface area (Å²) in [5.74, 6) is 1.37. The molecule has 0 saturated carbocycles. The van der Waals surface area contributed by atoms with Gasteiger partial charge in [-0.3, -0.25) is 4.79 Å². The van der Waals surface area contributed by atoms with E-state index in [0.717, 1.165) is 17.5 Å². The Bertz CT molecular complexity index is 1130. The molecule has 3 rings (SSSR count). The molecule has 0 aliphatic rings. The van der Waals surface area contributed by atoms with E-state index in [1.807, 2.05) is 51.1 Å². The van der Waals surface area contributed by atoms with E-state index in [9.17, 15) is 4.79 Å². The fourth-order valence-electron chi connectivity index (χ4n) is 3.04. The second-order valence-corrected chi connectivity index (χ2v) is 8.01. The Kier molecular flexibility index (Phi) is 9.35. The minimum absolute atomic E-state index is 0.358. The minimum Gasteiger partial charge on any atom is -0.490 e. The van der Waals surface area contributed by atoms with Gasteiger partial charge in [-0.1, -0.05) is 48.4 Å². The number of nitrogens with one attached hydrogen (secondary N) is 1. The summed E-state index contributed by atoms with van der Waals surface area (Å²) in [6.45, 7) is 7.42.